The molecule has 0 aliphatic carbocycles. The van der Waals surface area contributed by atoms with Gasteiger partial charge in [-0.3, -0.25) is 0 Å². The lowest BCUT2D eigenvalue weighted by Gasteiger charge is -2.28. The van der Waals surface area contributed by atoms with Gasteiger partial charge in [-0.1, -0.05) is 6.58 Å². The number of rotatable bonds is 16. The van der Waals surface area contributed by atoms with Crippen LogP contribution in [0.3, 0.4) is 0 Å². The summed E-state index contributed by atoms with van der Waals surface area (Å²) in [5, 5.41) is 2.73. The van der Waals surface area contributed by atoms with Crippen LogP contribution in [0.4, 0.5) is 4.79 Å². The lowest BCUT2D eigenvalue weighted by molar-refractivity contribution is 0.0706. The summed E-state index contributed by atoms with van der Waals surface area (Å²) >= 11 is 0. The first-order valence-corrected chi connectivity index (χ1v) is 10.6. The average molecular weight is 364 g/mol. The number of amides is 1. The van der Waals surface area contributed by atoms with E-state index in [0.717, 1.165) is 12.8 Å². The lowest BCUT2D eigenvalue weighted by Crippen LogP contribution is -2.46. The van der Waals surface area contributed by atoms with Gasteiger partial charge in [0.05, 0.1) is 19.5 Å². The number of nitrogens with one attached hydrogen (secondary N) is 1. The molecule has 0 aromatic heterocycles. The standard InChI is InChI=1S/C16H33NO6Si/c1-5-19-13-9-10-14-20-16(18)17-12-11-15-24(21-6-2,22-7-3)23-8-4/h5H,1,6-15H2,2-4H3,(H,17,18). The number of unbranched alkanes of at least 4 members (excludes halogenated alkanes) is 1. The highest BCUT2D eigenvalue weighted by atomic mass is 28.4. The number of carbonyl (C=O) groups is 1. The maximum absolute atomic E-state index is 11.6. The van der Waals surface area contributed by atoms with Crippen LogP contribution in [0.15, 0.2) is 12.8 Å². The van der Waals surface area contributed by atoms with Gasteiger partial charge in [0, 0.05) is 32.4 Å². The Hall–Kier alpha value is -1.09. The van der Waals surface area contributed by atoms with Gasteiger partial charge < -0.3 is 28.1 Å². The van der Waals surface area contributed by atoms with Gasteiger partial charge in [-0.2, -0.15) is 0 Å². The number of ether oxygens (including phenoxy) is 2. The van der Waals surface area contributed by atoms with Crippen LogP contribution in [0.5, 0.6) is 0 Å². The van der Waals surface area contributed by atoms with Crippen LogP contribution in [-0.2, 0) is 22.8 Å². The third-order valence-corrected chi connectivity index (χ3v) is 6.18. The van der Waals surface area contributed by atoms with E-state index in [9.17, 15) is 4.79 Å². The Balaban J connectivity index is 3.89. The van der Waals surface area contributed by atoms with Crippen molar-refractivity contribution in [1.82, 2.24) is 5.32 Å². The van der Waals surface area contributed by atoms with E-state index in [1.807, 2.05) is 20.8 Å². The summed E-state index contributed by atoms with van der Waals surface area (Å²) in [5.41, 5.74) is 0. The minimum absolute atomic E-state index is 0.377. The molecule has 0 radical (unpaired) electrons. The highest BCUT2D eigenvalue weighted by molar-refractivity contribution is 6.60. The van der Waals surface area contributed by atoms with Crippen molar-refractivity contribution in [1.29, 1.82) is 0 Å². The molecule has 8 heteroatoms. The van der Waals surface area contributed by atoms with Crippen LogP contribution >= 0.6 is 0 Å². The lowest BCUT2D eigenvalue weighted by atomic mass is 10.3. The van der Waals surface area contributed by atoms with Gasteiger partial charge in [0.25, 0.3) is 0 Å². The van der Waals surface area contributed by atoms with Gasteiger partial charge in [0.15, 0.2) is 0 Å². The van der Waals surface area contributed by atoms with Crippen LogP contribution in [0.1, 0.15) is 40.0 Å². The van der Waals surface area contributed by atoms with Crippen molar-refractivity contribution < 1.29 is 27.5 Å². The molecule has 7 nitrogen and oxygen atoms in total. The minimum atomic E-state index is -2.63. The van der Waals surface area contributed by atoms with Crippen LogP contribution in [0.2, 0.25) is 6.04 Å². The molecule has 0 unspecified atom stereocenters. The third kappa shape index (κ3) is 11.4. The predicted molar refractivity (Wildman–Crippen MR) is 94.8 cm³/mol. The first kappa shape index (κ1) is 22.9. The van der Waals surface area contributed by atoms with Gasteiger partial charge in [0.2, 0.25) is 0 Å². The highest BCUT2D eigenvalue weighted by Gasteiger charge is 2.39. The van der Waals surface area contributed by atoms with Gasteiger partial charge >= 0.3 is 14.9 Å². The molecule has 0 rings (SSSR count). The molecule has 0 heterocycles. The SMILES string of the molecule is C=COCCCCOC(=O)NCCC[Si](OCC)(OCC)OCC. The molecule has 1 amide bonds. The van der Waals surface area contributed by atoms with Gasteiger partial charge in [-0.15, -0.1) is 0 Å². The fraction of sp³-hybridized carbons (Fsp3) is 0.812. The van der Waals surface area contributed by atoms with Crippen molar-refractivity contribution >= 4 is 14.9 Å². The Morgan fingerprint density at radius 3 is 2.12 bits per heavy atom. The number of hydrogen-bond donors (Lipinski definition) is 1. The second-order valence-electron chi connectivity index (χ2n) is 4.89. The first-order chi connectivity index (χ1) is 11.6. The molecule has 0 spiro atoms. The van der Waals surface area contributed by atoms with Crippen molar-refractivity contribution in [2.24, 2.45) is 0 Å². The molecule has 0 saturated heterocycles. The quantitative estimate of drug-likeness (QED) is 0.258. The fourth-order valence-electron chi connectivity index (χ4n) is 2.08. The molecule has 0 aromatic carbocycles. The molecule has 142 valence electrons. The number of alkyl carbamates (subject to hydrolysis) is 1. The summed E-state index contributed by atoms with van der Waals surface area (Å²) in [4.78, 5) is 11.6. The summed E-state index contributed by atoms with van der Waals surface area (Å²) in [7, 11) is -2.63. The van der Waals surface area contributed by atoms with Crippen molar-refractivity contribution in [2.75, 3.05) is 39.6 Å². The number of carbonyl (C=O) groups excluding carboxylic acids is 1. The van der Waals surface area contributed by atoms with Crippen molar-refractivity contribution in [3.8, 4) is 0 Å². The van der Waals surface area contributed by atoms with Crippen LogP contribution in [-0.4, -0.2) is 54.5 Å². The molecule has 0 bridgehead atoms. The molecule has 0 saturated carbocycles. The molecule has 0 fully saturated rings. The molecule has 1 N–H and O–H groups in total. The van der Waals surface area contributed by atoms with Crippen LogP contribution < -0.4 is 5.32 Å². The monoisotopic (exact) mass is 363 g/mol. The zero-order valence-electron chi connectivity index (χ0n) is 15.3. The molecular formula is C16H33NO6Si. The molecule has 0 aliphatic heterocycles. The Morgan fingerprint density at radius 1 is 1.00 bits per heavy atom. The van der Waals surface area contributed by atoms with Crippen LogP contribution in [0.25, 0.3) is 0 Å². The normalized spacial score (nSPS) is 11.1. The van der Waals surface area contributed by atoms with Crippen molar-refractivity contribution in [2.45, 2.75) is 46.1 Å². The van der Waals surface area contributed by atoms with Gasteiger partial charge in [-0.25, -0.2) is 4.79 Å². The Kier molecular flexibility index (Phi) is 14.7. The summed E-state index contributed by atoms with van der Waals surface area (Å²) in [6.07, 6.45) is 3.30. The van der Waals surface area contributed by atoms with Crippen molar-refractivity contribution in [3.63, 3.8) is 0 Å². The topological polar surface area (TPSA) is 75.3 Å². The van der Waals surface area contributed by atoms with E-state index in [1.165, 1.54) is 6.26 Å². The Bertz CT molecular complexity index is 313. The van der Waals surface area contributed by atoms with E-state index < -0.39 is 14.9 Å². The predicted octanol–water partition coefficient (Wildman–Crippen LogP) is 3.09. The smallest absolute Gasteiger partial charge is 0.500 e. The van der Waals surface area contributed by atoms with Crippen LogP contribution in [0, 0.1) is 0 Å². The number of hydrogen-bond acceptors (Lipinski definition) is 6. The third-order valence-electron chi connectivity index (χ3n) is 3.03. The minimum Gasteiger partial charge on any atom is -0.502 e. The summed E-state index contributed by atoms with van der Waals surface area (Å²) in [6, 6.07) is 0.668. The van der Waals surface area contributed by atoms with E-state index in [1.54, 1.807) is 0 Å². The largest absolute Gasteiger partial charge is 0.502 e. The maximum atomic E-state index is 11.6. The second kappa shape index (κ2) is 15.4. The van der Waals surface area contributed by atoms with E-state index in [4.69, 9.17) is 22.8 Å². The van der Waals surface area contributed by atoms with Gasteiger partial charge in [0.1, 0.15) is 0 Å². The molecular weight excluding hydrogens is 330 g/mol. The summed E-state index contributed by atoms with van der Waals surface area (Å²) in [5.74, 6) is 0. The molecule has 0 aromatic rings. The van der Waals surface area contributed by atoms with E-state index in [0.29, 0.717) is 52.0 Å². The Morgan fingerprint density at radius 2 is 1.58 bits per heavy atom. The average Bonchev–Trinajstić information content (AvgIpc) is 2.56. The zero-order valence-corrected chi connectivity index (χ0v) is 16.3. The Labute approximate surface area is 147 Å². The summed E-state index contributed by atoms with van der Waals surface area (Å²) in [6.45, 7) is 12.4. The molecule has 0 aliphatic rings. The van der Waals surface area contributed by atoms with E-state index in [-0.39, 0.29) is 0 Å². The molecule has 0 atom stereocenters. The van der Waals surface area contributed by atoms with E-state index in [2.05, 4.69) is 11.9 Å². The summed E-state index contributed by atoms with van der Waals surface area (Å²) < 4.78 is 27.4. The van der Waals surface area contributed by atoms with Gasteiger partial charge in [-0.05, 0) is 40.0 Å². The highest BCUT2D eigenvalue weighted by Crippen LogP contribution is 2.17. The van der Waals surface area contributed by atoms with E-state index >= 15 is 0 Å². The first-order valence-electron chi connectivity index (χ1n) is 8.69. The zero-order chi connectivity index (χ0) is 18.1. The fourth-order valence-corrected chi connectivity index (χ4v) is 4.70. The van der Waals surface area contributed by atoms with Crippen molar-refractivity contribution in [3.05, 3.63) is 12.8 Å². The molecule has 24 heavy (non-hydrogen) atoms. The second-order valence-corrected chi connectivity index (χ2v) is 7.62. The maximum Gasteiger partial charge on any atom is 0.500 e.